The van der Waals surface area contributed by atoms with Crippen LogP contribution in [0.3, 0.4) is 0 Å². The molecule has 0 radical (unpaired) electrons. The Labute approximate surface area is 145 Å². The fourth-order valence-electron chi connectivity index (χ4n) is 2.78. The number of phenolic OH excluding ortho intramolecular Hbond substituents is 1. The van der Waals surface area contributed by atoms with Crippen LogP contribution in [-0.4, -0.2) is 10.1 Å². The van der Waals surface area contributed by atoms with E-state index >= 15 is 0 Å². The van der Waals surface area contributed by atoms with Crippen molar-refractivity contribution in [1.29, 1.82) is 0 Å². The molecular weight excluding hydrogens is 312 g/mol. The molecule has 0 saturated carbocycles. The molecule has 4 heteroatoms. The van der Waals surface area contributed by atoms with Crippen LogP contribution in [-0.2, 0) is 6.54 Å². The van der Waals surface area contributed by atoms with E-state index in [9.17, 15) is 5.11 Å². The van der Waals surface area contributed by atoms with Gasteiger partial charge < -0.3 is 14.8 Å². The summed E-state index contributed by atoms with van der Waals surface area (Å²) in [6.07, 6.45) is 0. The van der Waals surface area contributed by atoms with Gasteiger partial charge in [-0.25, -0.2) is 4.98 Å². The molecule has 0 spiro atoms. The Balaban J connectivity index is 1.58. The van der Waals surface area contributed by atoms with Gasteiger partial charge in [0.2, 0.25) is 5.89 Å². The fraction of sp³-hybridized carbons (Fsp3) is 0.0952. The summed E-state index contributed by atoms with van der Waals surface area (Å²) in [6.45, 7) is 2.71. The second kappa shape index (κ2) is 6.32. The highest BCUT2D eigenvalue weighted by molar-refractivity contribution is 5.78. The minimum absolute atomic E-state index is 0.140. The quantitative estimate of drug-likeness (QED) is 0.545. The number of anilines is 1. The molecule has 0 bridgehead atoms. The van der Waals surface area contributed by atoms with Crippen LogP contribution in [0.15, 0.2) is 71.1 Å². The van der Waals surface area contributed by atoms with Crippen LogP contribution in [0.4, 0.5) is 5.69 Å². The van der Waals surface area contributed by atoms with Gasteiger partial charge in [0.1, 0.15) is 11.3 Å². The second-order valence-electron chi connectivity index (χ2n) is 6.06. The molecule has 2 N–H and O–H groups in total. The summed E-state index contributed by atoms with van der Waals surface area (Å²) in [7, 11) is 0. The standard InChI is InChI=1S/C21H18N2O2/c1-14-7-10-20-18(11-14)23-21(25-20)17-9-8-16(12-19(17)24)22-13-15-5-3-2-4-6-15/h2-12,22,24H,13H2,1H3. The van der Waals surface area contributed by atoms with E-state index in [4.69, 9.17) is 4.42 Å². The molecule has 4 aromatic rings. The van der Waals surface area contributed by atoms with Crippen molar-refractivity contribution in [3.63, 3.8) is 0 Å². The highest BCUT2D eigenvalue weighted by atomic mass is 16.3. The second-order valence-corrected chi connectivity index (χ2v) is 6.06. The lowest BCUT2D eigenvalue weighted by Gasteiger charge is -2.08. The van der Waals surface area contributed by atoms with Gasteiger partial charge in [0, 0.05) is 18.3 Å². The zero-order chi connectivity index (χ0) is 17.2. The molecule has 4 rings (SSSR count). The Morgan fingerprint density at radius 1 is 1.00 bits per heavy atom. The van der Waals surface area contributed by atoms with E-state index in [1.807, 2.05) is 55.5 Å². The number of nitrogens with one attached hydrogen (secondary N) is 1. The Morgan fingerprint density at radius 3 is 2.64 bits per heavy atom. The first kappa shape index (κ1) is 15.3. The lowest BCUT2D eigenvalue weighted by molar-refractivity contribution is 0.474. The Kier molecular flexibility index (Phi) is 3.86. The predicted molar refractivity (Wildman–Crippen MR) is 99.6 cm³/mol. The van der Waals surface area contributed by atoms with E-state index in [1.165, 1.54) is 5.56 Å². The molecule has 0 saturated heterocycles. The van der Waals surface area contributed by atoms with Crippen molar-refractivity contribution in [3.8, 4) is 17.2 Å². The third kappa shape index (κ3) is 3.19. The van der Waals surface area contributed by atoms with E-state index < -0.39 is 0 Å². The van der Waals surface area contributed by atoms with Crippen molar-refractivity contribution >= 4 is 16.8 Å². The van der Waals surface area contributed by atoms with Crippen LogP contribution in [0.25, 0.3) is 22.6 Å². The summed E-state index contributed by atoms with van der Waals surface area (Å²) in [5.74, 6) is 0.564. The summed E-state index contributed by atoms with van der Waals surface area (Å²) < 4.78 is 5.77. The highest BCUT2D eigenvalue weighted by Crippen LogP contribution is 2.33. The first-order chi connectivity index (χ1) is 12.2. The molecule has 0 aliphatic heterocycles. The number of oxazole rings is 1. The third-order valence-corrected chi connectivity index (χ3v) is 4.11. The molecule has 25 heavy (non-hydrogen) atoms. The van der Waals surface area contributed by atoms with Gasteiger partial charge in [-0.15, -0.1) is 0 Å². The van der Waals surface area contributed by atoms with Gasteiger partial charge in [0.15, 0.2) is 5.58 Å². The summed E-state index contributed by atoms with van der Waals surface area (Å²) in [4.78, 5) is 4.48. The van der Waals surface area contributed by atoms with Crippen molar-refractivity contribution in [2.75, 3.05) is 5.32 Å². The maximum absolute atomic E-state index is 10.4. The van der Waals surface area contributed by atoms with Crippen LogP contribution < -0.4 is 5.32 Å². The van der Waals surface area contributed by atoms with E-state index in [-0.39, 0.29) is 5.75 Å². The van der Waals surface area contributed by atoms with Crippen molar-refractivity contribution in [2.24, 2.45) is 0 Å². The van der Waals surface area contributed by atoms with Gasteiger partial charge in [-0.1, -0.05) is 36.4 Å². The molecule has 0 aliphatic rings. The topological polar surface area (TPSA) is 58.3 Å². The van der Waals surface area contributed by atoms with Crippen molar-refractivity contribution in [3.05, 3.63) is 77.9 Å². The minimum atomic E-state index is 0.140. The maximum atomic E-state index is 10.4. The lowest BCUT2D eigenvalue weighted by Crippen LogP contribution is -1.98. The predicted octanol–water partition coefficient (Wildman–Crippen LogP) is 5.12. The maximum Gasteiger partial charge on any atom is 0.231 e. The number of fused-ring (bicyclic) bond motifs is 1. The first-order valence-corrected chi connectivity index (χ1v) is 8.17. The lowest BCUT2D eigenvalue weighted by atomic mass is 10.1. The molecule has 3 aromatic carbocycles. The van der Waals surface area contributed by atoms with Crippen LogP contribution in [0, 0.1) is 6.92 Å². The molecule has 4 nitrogen and oxygen atoms in total. The van der Waals surface area contributed by atoms with Gasteiger partial charge in [0.05, 0.1) is 5.56 Å². The smallest absolute Gasteiger partial charge is 0.231 e. The first-order valence-electron chi connectivity index (χ1n) is 8.17. The van der Waals surface area contributed by atoms with Crippen molar-refractivity contribution in [2.45, 2.75) is 13.5 Å². The fourth-order valence-corrected chi connectivity index (χ4v) is 2.78. The number of aromatic nitrogens is 1. The van der Waals surface area contributed by atoms with E-state index in [1.54, 1.807) is 6.07 Å². The number of hydrogen-bond acceptors (Lipinski definition) is 4. The molecule has 0 unspecified atom stereocenters. The van der Waals surface area contributed by atoms with Gasteiger partial charge >= 0.3 is 0 Å². The molecule has 1 heterocycles. The normalized spacial score (nSPS) is 10.9. The number of aromatic hydroxyl groups is 1. The van der Waals surface area contributed by atoms with Gasteiger partial charge in [-0.05, 0) is 42.3 Å². The highest BCUT2D eigenvalue weighted by Gasteiger charge is 2.13. The monoisotopic (exact) mass is 330 g/mol. The van der Waals surface area contributed by atoms with Crippen molar-refractivity contribution < 1.29 is 9.52 Å². The molecule has 1 aromatic heterocycles. The number of rotatable bonds is 4. The van der Waals surface area contributed by atoms with Crippen LogP contribution in [0.1, 0.15) is 11.1 Å². The van der Waals surface area contributed by atoms with Crippen LogP contribution in [0.5, 0.6) is 5.75 Å². The summed E-state index contributed by atoms with van der Waals surface area (Å²) in [6, 6.07) is 21.4. The Bertz CT molecular complexity index is 1020. The minimum Gasteiger partial charge on any atom is -0.507 e. The van der Waals surface area contributed by atoms with Gasteiger partial charge in [-0.2, -0.15) is 0 Å². The number of benzene rings is 3. The Hall–Kier alpha value is -3.27. The zero-order valence-electron chi connectivity index (χ0n) is 13.9. The molecule has 0 amide bonds. The van der Waals surface area contributed by atoms with Gasteiger partial charge in [-0.3, -0.25) is 0 Å². The molecule has 0 atom stereocenters. The molecular formula is C21H18N2O2. The SMILES string of the molecule is Cc1ccc2oc(-c3ccc(NCc4ccccc4)cc3O)nc2c1. The number of phenols is 1. The average Bonchev–Trinajstić information content (AvgIpc) is 3.03. The van der Waals surface area contributed by atoms with E-state index in [0.717, 1.165) is 16.8 Å². The third-order valence-electron chi connectivity index (χ3n) is 4.11. The molecule has 0 fully saturated rings. The Morgan fingerprint density at radius 2 is 1.84 bits per heavy atom. The number of hydrogen-bond donors (Lipinski definition) is 2. The molecule has 124 valence electrons. The van der Waals surface area contributed by atoms with Gasteiger partial charge in [0.25, 0.3) is 0 Å². The van der Waals surface area contributed by atoms with Crippen LogP contribution in [0.2, 0.25) is 0 Å². The summed E-state index contributed by atoms with van der Waals surface area (Å²) in [5, 5.41) is 13.7. The average molecular weight is 330 g/mol. The summed E-state index contributed by atoms with van der Waals surface area (Å²) >= 11 is 0. The largest absolute Gasteiger partial charge is 0.507 e. The van der Waals surface area contributed by atoms with Crippen LogP contribution >= 0.6 is 0 Å². The summed E-state index contributed by atoms with van der Waals surface area (Å²) in [5.41, 5.74) is 5.24. The van der Waals surface area contributed by atoms with Crippen molar-refractivity contribution in [1.82, 2.24) is 4.98 Å². The number of nitrogens with zero attached hydrogens (tertiary/aromatic N) is 1. The molecule has 0 aliphatic carbocycles. The number of aryl methyl sites for hydroxylation is 1. The zero-order valence-corrected chi connectivity index (χ0v) is 13.9. The van der Waals surface area contributed by atoms with E-state index in [2.05, 4.69) is 22.4 Å². The van der Waals surface area contributed by atoms with E-state index in [0.29, 0.717) is 23.6 Å².